The summed E-state index contributed by atoms with van der Waals surface area (Å²) in [6.45, 7) is 2.14. The number of anilines is 2. The standard InChI is InChI=1S/C16H19N3O/c1-3-12-4-8-14(9-5-12)19(2)15-10-6-13(7-11-15)16(17)18-20/h4-11,20H,3H2,1-2H3,(H2,17,18). The minimum Gasteiger partial charge on any atom is -0.409 e. The summed E-state index contributed by atoms with van der Waals surface area (Å²) in [4.78, 5) is 2.09. The summed E-state index contributed by atoms with van der Waals surface area (Å²) >= 11 is 0. The molecule has 0 unspecified atom stereocenters. The lowest BCUT2D eigenvalue weighted by molar-refractivity contribution is 0.318. The van der Waals surface area contributed by atoms with Gasteiger partial charge in [-0.2, -0.15) is 0 Å². The minimum atomic E-state index is 0.117. The molecule has 20 heavy (non-hydrogen) atoms. The molecule has 0 atom stereocenters. The van der Waals surface area contributed by atoms with Gasteiger partial charge >= 0.3 is 0 Å². The third-order valence-corrected chi connectivity index (χ3v) is 3.39. The van der Waals surface area contributed by atoms with Crippen LogP contribution >= 0.6 is 0 Å². The van der Waals surface area contributed by atoms with Crippen molar-refractivity contribution >= 4 is 17.2 Å². The molecular formula is C16H19N3O. The van der Waals surface area contributed by atoms with E-state index >= 15 is 0 Å². The first-order chi connectivity index (χ1) is 9.65. The Kier molecular flexibility index (Phi) is 4.25. The number of hydrogen-bond donors (Lipinski definition) is 2. The number of nitrogens with zero attached hydrogens (tertiary/aromatic N) is 2. The number of nitrogens with two attached hydrogens (primary N) is 1. The van der Waals surface area contributed by atoms with Crippen molar-refractivity contribution in [3.8, 4) is 0 Å². The minimum absolute atomic E-state index is 0.117. The first-order valence-corrected chi connectivity index (χ1v) is 6.56. The fourth-order valence-corrected chi connectivity index (χ4v) is 2.02. The quantitative estimate of drug-likeness (QED) is 0.388. The highest BCUT2D eigenvalue weighted by molar-refractivity contribution is 5.97. The Labute approximate surface area is 119 Å². The lowest BCUT2D eigenvalue weighted by Gasteiger charge is -2.20. The Morgan fingerprint density at radius 1 is 1.05 bits per heavy atom. The van der Waals surface area contributed by atoms with Crippen molar-refractivity contribution in [1.29, 1.82) is 0 Å². The van der Waals surface area contributed by atoms with E-state index in [9.17, 15) is 0 Å². The molecule has 2 aromatic carbocycles. The molecule has 0 fully saturated rings. The maximum atomic E-state index is 8.65. The maximum absolute atomic E-state index is 8.65. The molecule has 0 radical (unpaired) electrons. The van der Waals surface area contributed by atoms with Gasteiger partial charge in [0.2, 0.25) is 0 Å². The first kappa shape index (κ1) is 13.9. The van der Waals surface area contributed by atoms with E-state index in [0.717, 1.165) is 17.8 Å². The van der Waals surface area contributed by atoms with Gasteiger partial charge in [-0.1, -0.05) is 24.2 Å². The molecule has 0 saturated heterocycles. The van der Waals surface area contributed by atoms with E-state index in [1.54, 1.807) is 0 Å². The summed E-state index contributed by atoms with van der Waals surface area (Å²) in [5, 5.41) is 11.6. The van der Waals surface area contributed by atoms with E-state index in [1.807, 2.05) is 31.3 Å². The average Bonchev–Trinajstić information content (AvgIpc) is 2.53. The van der Waals surface area contributed by atoms with Crippen LogP contribution in [0.25, 0.3) is 0 Å². The summed E-state index contributed by atoms with van der Waals surface area (Å²) < 4.78 is 0. The number of hydrogen-bond acceptors (Lipinski definition) is 3. The second kappa shape index (κ2) is 6.10. The van der Waals surface area contributed by atoms with Crippen molar-refractivity contribution in [2.24, 2.45) is 10.9 Å². The third-order valence-electron chi connectivity index (χ3n) is 3.39. The van der Waals surface area contributed by atoms with Gasteiger partial charge in [-0.05, 0) is 48.4 Å². The summed E-state index contributed by atoms with van der Waals surface area (Å²) in [6.07, 6.45) is 1.04. The molecule has 2 rings (SSSR count). The highest BCUT2D eigenvalue weighted by Crippen LogP contribution is 2.24. The summed E-state index contributed by atoms with van der Waals surface area (Å²) in [5.41, 5.74) is 9.74. The molecule has 2 aromatic rings. The van der Waals surface area contributed by atoms with Crippen molar-refractivity contribution < 1.29 is 5.21 Å². The zero-order valence-corrected chi connectivity index (χ0v) is 11.7. The SMILES string of the molecule is CCc1ccc(N(C)c2ccc(C(N)=NO)cc2)cc1. The number of oxime groups is 1. The summed E-state index contributed by atoms with van der Waals surface area (Å²) in [7, 11) is 2.01. The van der Waals surface area contributed by atoms with Crippen LogP contribution < -0.4 is 10.6 Å². The van der Waals surface area contributed by atoms with E-state index in [0.29, 0.717) is 5.56 Å². The third kappa shape index (κ3) is 2.91. The predicted octanol–water partition coefficient (Wildman–Crippen LogP) is 3.11. The molecule has 0 bridgehead atoms. The lowest BCUT2D eigenvalue weighted by atomic mass is 10.1. The normalized spacial score (nSPS) is 11.4. The predicted molar refractivity (Wildman–Crippen MR) is 82.8 cm³/mol. The van der Waals surface area contributed by atoms with Gasteiger partial charge in [0.25, 0.3) is 0 Å². The molecule has 3 N–H and O–H groups in total. The van der Waals surface area contributed by atoms with Crippen LogP contribution in [0, 0.1) is 0 Å². The first-order valence-electron chi connectivity index (χ1n) is 6.56. The van der Waals surface area contributed by atoms with Crippen molar-refractivity contribution in [3.63, 3.8) is 0 Å². The molecule has 0 aliphatic heterocycles. The second-order valence-electron chi connectivity index (χ2n) is 4.61. The van der Waals surface area contributed by atoms with Gasteiger partial charge < -0.3 is 15.8 Å². The molecule has 104 valence electrons. The Hall–Kier alpha value is -2.49. The zero-order valence-electron chi connectivity index (χ0n) is 11.7. The van der Waals surface area contributed by atoms with Gasteiger partial charge in [0.05, 0.1) is 0 Å². The average molecular weight is 269 g/mol. The fraction of sp³-hybridized carbons (Fsp3) is 0.188. The summed E-state index contributed by atoms with van der Waals surface area (Å²) in [5.74, 6) is 0.117. The number of rotatable bonds is 4. The van der Waals surface area contributed by atoms with Gasteiger partial charge in [-0.25, -0.2) is 0 Å². The number of aryl methyl sites for hydroxylation is 1. The number of benzene rings is 2. The van der Waals surface area contributed by atoms with Crippen LogP contribution in [-0.4, -0.2) is 18.1 Å². The van der Waals surface area contributed by atoms with Gasteiger partial charge in [0.1, 0.15) is 0 Å². The van der Waals surface area contributed by atoms with E-state index in [2.05, 4.69) is 41.2 Å². The van der Waals surface area contributed by atoms with Crippen molar-refractivity contribution in [2.75, 3.05) is 11.9 Å². The van der Waals surface area contributed by atoms with Crippen LogP contribution in [0.2, 0.25) is 0 Å². The summed E-state index contributed by atoms with van der Waals surface area (Å²) in [6, 6.07) is 16.0. The van der Waals surface area contributed by atoms with Crippen molar-refractivity contribution in [1.82, 2.24) is 0 Å². The molecule has 4 heteroatoms. The van der Waals surface area contributed by atoms with Crippen LogP contribution in [0.4, 0.5) is 11.4 Å². The topological polar surface area (TPSA) is 61.8 Å². The number of amidine groups is 1. The molecule has 0 spiro atoms. The van der Waals surface area contributed by atoms with Crippen LogP contribution in [0.3, 0.4) is 0 Å². The van der Waals surface area contributed by atoms with Crippen LogP contribution in [0.1, 0.15) is 18.1 Å². The zero-order chi connectivity index (χ0) is 14.5. The molecule has 0 heterocycles. The monoisotopic (exact) mass is 269 g/mol. The van der Waals surface area contributed by atoms with E-state index in [1.165, 1.54) is 5.56 Å². The van der Waals surface area contributed by atoms with Crippen LogP contribution in [0.5, 0.6) is 0 Å². The Balaban J connectivity index is 2.21. The van der Waals surface area contributed by atoms with Crippen LogP contribution in [-0.2, 0) is 6.42 Å². The highest BCUT2D eigenvalue weighted by atomic mass is 16.4. The highest BCUT2D eigenvalue weighted by Gasteiger charge is 2.05. The molecule has 0 aromatic heterocycles. The molecule has 0 amide bonds. The smallest absolute Gasteiger partial charge is 0.170 e. The van der Waals surface area contributed by atoms with Crippen LogP contribution in [0.15, 0.2) is 53.7 Å². The maximum Gasteiger partial charge on any atom is 0.170 e. The second-order valence-corrected chi connectivity index (χ2v) is 4.61. The van der Waals surface area contributed by atoms with Gasteiger partial charge in [-0.3, -0.25) is 0 Å². The Bertz CT molecular complexity index is 588. The molecule has 0 saturated carbocycles. The van der Waals surface area contributed by atoms with E-state index < -0.39 is 0 Å². The van der Waals surface area contributed by atoms with Gasteiger partial charge in [0.15, 0.2) is 5.84 Å². The molecular weight excluding hydrogens is 250 g/mol. The van der Waals surface area contributed by atoms with E-state index in [-0.39, 0.29) is 5.84 Å². The lowest BCUT2D eigenvalue weighted by Crippen LogP contribution is -2.14. The molecule has 4 nitrogen and oxygen atoms in total. The molecule has 0 aliphatic rings. The Morgan fingerprint density at radius 3 is 2.00 bits per heavy atom. The Morgan fingerprint density at radius 2 is 1.55 bits per heavy atom. The largest absolute Gasteiger partial charge is 0.409 e. The molecule has 0 aliphatic carbocycles. The van der Waals surface area contributed by atoms with E-state index in [4.69, 9.17) is 10.9 Å². The van der Waals surface area contributed by atoms with Gasteiger partial charge in [0, 0.05) is 24.0 Å². The van der Waals surface area contributed by atoms with Gasteiger partial charge in [-0.15, -0.1) is 0 Å². The fourth-order valence-electron chi connectivity index (χ4n) is 2.02. The van der Waals surface area contributed by atoms with Crippen molar-refractivity contribution in [3.05, 3.63) is 59.7 Å². The van der Waals surface area contributed by atoms with Crippen molar-refractivity contribution in [2.45, 2.75) is 13.3 Å².